The van der Waals surface area contributed by atoms with Gasteiger partial charge in [0, 0.05) is 12.5 Å². The van der Waals surface area contributed by atoms with Crippen molar-refractivity contribution in [2.75, 3.05) is 18.8 Å². The van der Waals surface area contributed by atoms with Gasteiger partial charge in [-0.2, -0.15) is 0 Å². The second-order valence-electron chi connectivity index (χ2n) is 3.29. The van der Waals surface area contributed by atoms with Crippen LogP contribution in [0.3, 0.4) is 0 Å². The Morgan fingerprint density at radius 2 is 2.46 bits per heavy atom. The van der Waals surface area contributed by atoms with Crippen molar-refractivity contribution in [3.05, 3.63) is 10.4 Å². The maximum absolute atomic E-state index is 5.80. The number of aromatic nitrogens is 1. The van der Waals surface area contributed by atoms with Crippen molar-refractivity contribution in [3.63, 3.8) is 0 Å². The van der Waals surface area contributed by atoms with Gasteiger partial charge in [-0.3, -0.25) is 0 Å². The van der Waals surface area contributed by atoms with Crippen molar-refractivity contribution in [2.24, 2.45) is 0 Å². The average molecular weight is 246 g/mol. The third-order valence-electron chi connectivity index (χ3n) is 2.38. The fraction of sp³-hybridized carbons (Fsp3) is 0.625. The summed E-state index contributed by atoms with van der Waals surface area (Å²) in [6.07, 6.45) is 2.29. The van der Waals surface area contributed by atoms with E-state index in [1.807, 2.05) is 0 Å². The van der Waals surface area contributed by atoms with Gasteiger partial charge in [-0.05, 0) is 35.3 Å². The van der Waals surface area contributed by atoms with Gasteiger partial charge in [0.25, 0.3) is 0 Å². The molecule has 2 rings (SSSR count). The fourth-order valence-corrected chi connectivity index (χ4v) is 1.93. The monoisotopic (exact) mass is 245 g/mol. The van der Waals surface area contributed by atoms with Crippen molar-refractivity contribution in [1.82, 2.24) is 10.5 Å². The molecule has 0 saturated carbocycles. The molecular formula is C8H12BrN3O. The van der Waals surface area contributed by atoms with Gasteiger partial charge >= 0.3 is 0 Å². The zero-order chi connectivity index (χ0) is 9.26. The van der Waals surface area contributed by atoms with Crippen LogP contribution in [0, 0.1) is 0 Å². The summed E-state index contributed by atoms with van der Waals surface area (Å²) >= 11 is 3.23. The Kier molecular flexibility index (Phi) is 2.55. The first-order valence-electron chi connectivity index (χ1n) is 4.40. The normalized spacial score (nSPS) is 23.3. The maximum Gasteiger partial charge on any atom is 0.172 e. The molecule has 4 nitrogen and oxygen atoms in total. The zero-order valence-corrected chi connectivity index (χ0v) is 8.80. The first kappa shape index (κ1) is 9.02. The van der Waals surface area contributed by atoms with E-state index >= 15 is 0 Å². The van der Waals surface area contributed by atoms with Crippen LogP contribution in [-0.2, 0) is 0 Å². The number of anilines is 1. The lowest BCUT2D eigenvalue weighted by Crippen LogP contribution is -2.28. The highest BCUT2D eigenvalue weighted by Gasteiger charge is 2.23. The lowest BCUT2D eigenvalue weighted by atomic mass is 9.96. The van der Waals surface area contributed by atoms with Crippen LogP contribution in [0.15, 0.2) is 9.13 Å². The van der Waals surface area contributed by atoms with Gasteiger partial charge < -0.3 is 15.6 Å². The molecule has 0 amide bonds. The maximum atomic E-state index is 5.80. The Balaban J connectivity index is 2.18. The molecule has 0 spiro atoms. The molecule has 0 aliphatic carbocycles. The zero-order valence-electron chi connectivity index (χ0n) is 7.22. The predicted molar refractivity (Wildman–Crippen MR) is 53.5 cm³/mol. The molecule has 5 heteroatoms. The number of nitrogens with one attached hydrogen (secondary N) is 1. The minimum Gasteiger partial charge on any atom is -0.394 e. The summed E-state index contributed by atoms with van der Waals surface area (Å²) < 4.78 is 5.79. The number of rotatable bonds is 1. The van der Waals surface area contributed by atoms with E-state index in [1.54, 1.807) is 0 Å². The van der Waals surface area contributed by atoms with Crippen LogP contribution in [0.25, 0.3) is 0 Å². The summed E-state index contributed by atoms with van der Waals surface area (Å²) in [6, 6.07) is 0. The highest BCUT2D eigenvalue weighted by atomic mass is 79.9. The Morgan fingerprint density at radius 3 is 3.00 bits per heavy atom. The van der Waals surface area contributed by atoms with E-state index in [-0.39, 0.29) is 0 Å². The molecule has 1 saturated heterocycles. The summed E-state index contributed by atoms with van der Waals surface area (Å²) in [5, 5.41) is 7.09. The van der Waals surface area contributed by atoms with Crippen LogP contribution in [0.5, 0.6) is 0 Å². The van der Waals surface area contributed by atoms with Crippen molar-refractivity contribution in [1.29, 1.82) is 0 Å². The minimum absolute atomic E-state index is 0.382. The summed E-state index contributed by atoms with van der Waals surface area (Å²) in [5.74, 6) is 1.20. The second-order valence-corrected chi connectivity index (χ2v) is 4.05. The molecule has 0 radical (unpaired) electrons. The average Bonchev–Trinajstić information content (AvgIpc) is 2.49. The lowest BCUT2D eigenvalue weighted by Gasteiger charge is -2.20. The molecule has 13 heavy (non-hydrogen) atoms. The van der Waals surface area contributed by atoms with Crippen LogP contribution in [0.4, 0.5) is 5.69 Å². The third-order valence-corrected chi connectivity index (χ3v) is 2.95. The number of nitrogens with zero attached hydrogens (tertiary/aromatic N) is 1. The number of piperidine rings is 1. The van der Waals surface area contributed by atoms with E-state index in [0.717, 1.165) is 25.3 Å². The molecule has 3 N–H and O–H groups in total. The number of halogens is 1. The largest absolute Gasteiger partial charge is 0.394 e. The minimum atomic E-state index is 0.382. The van der Waals surface area contributed by atoms with Gasteiger partial charge in [0.1, 0.15) is 5.69 Å². The molecule has 1 aromatic rings. The molecule has 2 heterocycles. The number of hydrogen-bond acceptors (Lipinski definition) is 4. The van der Waals surface area contributed by atoms with Gasteiger partial charge in [0.2, 0.25) is 0 Å². The highest BCUT2D eigenvalue weighted by Crippen LogP contribution is 2.31. The lowest BCUT2D eigenvalue weighted by molar-refractivity contribution is 0.329. The van der Waals surface area contributed by atoms with Gasteiger partial charge in [-0.15, -0.1) is 0 Å². The Labute approximate surface area is 85.0 Å². The number of nitrogens with two attached hydrogens (primary N) is 1. The van der Waals surface area contributed by atoms with Crippen molar-refractivity contribution < 1.29 is 4.52 Å². The van der Waals surface area contributed by atoms with Gasteiger partial charge in [-0.1, -0.05) is 5.16 Å². The van der Waals surface area contributed by atoms with Crippen LogP contribution >= 0.6 is 15.9 Å². The highest BCUT2D eigenvalue weighted by molar-refractivity contribution is 9.10. The van der Waals surface area contributed by atoms with E-state index in [2.05, 4.69) is 26.4 Å². The third kappa shape index (κ3) is 1.71. The summed E-state index contributed by atoms with van der Waals surface area (Å²) in [6.45, 7) is 2.03. The van der Waals surface area contributed by atoms with E-state index in [4.69, 9.17) is 10.3 Å². The Hall–Kier alpha value is -0.550. The molecule has 72 valence electrons. The first-order valence-corrected chi connectivity index (χ1v) is 5.19. The van der Waals surface area contributed by atoms with Crippen LogP contribution in [0.2, 0.25) is 0 Å². The standard InChI is InChI=1S/C8H12BrN3O/c9-8-6(10)7(13-12-8)5-2-1-3-11-4-5/h5,11H,1-4,10H2. The Bertz CT molecular complexity index is 294. The van der Waals surface area contributed by atoms with Crippen molar-refractivity contribution in [3.8, 4) is 0 Å². The molecule has 1 atom stereocenters. The van der Waals surface area contributed by atoms with E-state index in [0.29, 0.717) is 16.2 Å². The molecule has 1 unspecified atom stereocenters. The van der Waals surface area contributed by atoms with Gasteiger partial charge in [0.05, 0.1) is 0 Å². The second kappa shape index (κ2) is 3.67. The molecule has 1 aromatic heterocycles. The van der Waals surface area contributed by atoms with Crippen molar-refractivity contribution >= 4 is 21.6 Å². The summed E-state index contributed by atoms with van der Waals surface area (Å²) in [5.41, 5.74) is 6.45. The number of nitrogen functional groups attached to an aromatic ring is 1. The quantitative estimate of drug-likeness (QED) is 0.787. The SMILES string of the molecule is Nc1c(Br)noc1C1CCCNC1. The fourth-order valence-electron chi connectivity index (χ4n) is 1.66. The summed E-state index contributed by atoms with van der Waals surface area (Å²) in [4.78, 5) is 0. The predicted octanol–water partition coefficient (Wildman–Crippen LogP) is 1.49. The molecule has 0 bridgehead atoms. The topological polar surface area (TPSA) is 64.1 Å². The Morgan fingerprint density at radius 1 is 1.62 bits per heavy atom. The molecule has 1 aliphatic heterocycles. The summed E-state index contributed by atoms with van der Waals surface area (Å²) in [7, 11) is 0. The molecule has 1 aliphatic rings. The molecule has 1 fully saturated rings. The molecule has 0 aromatic carbocycles. The van der Waals surface area contributed by atoms with Crippen LogP contribution in [-0.4, -0.2) is 18.2 Å². The van der Waals surface area contributed by atoms with E-state index < -0.39 is 0 Å². The smallest absolute Gasteiger partial charge is 0.172 e. The molecular weight excluding hydrogens is 234 g/mol. The van der Waals surface area contributed by atoms with E-state index in [9.17, 15) is 0 Å². The van der Waals surface area contributed by atoms with Gasteiger partial charge in [-0.25, -0.2) is 0 Å². The first-order chi connectivity index (χ1) is 6.29. The van der Waals surface area contributed by atoms with Crippen molar-refractivity contribution in [2.45, 2.75) is 18.8 Å². The number of hydrogen-bond donors (Lipinski definition) is 2. The van der Waals surface area contributed by atoms with E-state index in [1.165, 1.54) is 6.42 Å². The van der Waals surface area contributed by atoms with Crippen LogP contribution < -0.4 is 11.1 Å². The van der Waals surface area contributed by atoms with Gasteiger partial charge in [0.15, 0.2) is 10.4 Å². The van der Waals surface area contributed by atoms with Crippen LogP contribution in [0.1, 0.15) is 24.5 Å².